The zero-order valence-corrected chi connectivity index (χ0v) is 14.9. The predicted octanol–water partition coefficient (Wildman–Crippen LogP) is 4.29. The monoisotopic (exact) mass is 351 g/mol. The number of aromatic amines is 1. The first-order valence-electron chi connectivity index (χ1n) is 8.15. The van der Waals surface area contributed by atoms with Gasteiger partial charge < -0.3 is 16.5 Å². The van der Waals surface area contributed by atoms with Crippen molar-refractivity contribution in [1.82, 2.24) is 4.98 Å². The Balaban J connectivity index is 0.00000100. The van der Waals surface area contributed by atoms with E-state index in [0.29, 0.717) is 33.6 Å². The third kappa shape index (κ3) is 3.19. The van der Waals surface area contributed by atoms with Crippen LogP contribution in [-0.4, -0.2) is 16.9 Å². The zero-order valence-electron chi connectivity index (χ0n) is 14.2. The number of aryl methyl sites for hydroxylation is 1. The molecule has 24 heavy (non-hydrogen) atoms. The van der Waals surface area contributed by atoms with Gasteiger partial charge >= 0.3 is 0 Å². The number of fused-ring (bicyclic) bond motifs is 1. The Morgan fingerprint density at radius 1 is 1.42 bits per heavy atom. The normalized spacial score (nSPS) is 17.2. The molecular formula is C18H23ClFN3O. The van der Waals surface area contributed by atoms with E-state index in [2.05, 4.69) is 4.98 Å². The van der Waals surface area contributed by atoms with Crippen LogP contribution in [-0.2, 0) is 0 Å². The first kappa shape index (κ1) is 18.5. The maximum Gasteiger partial charge on any atom is 0.250 e. The average molecular weight is 352 g/mol. The molecule has 1 amide bonds. The molecule has 0 fully saturated rings. The van der Waals surface area contributed by atoms with Crippen molar-refractivity contribution < 1.29 is 9.18 Å². The van der Waals surface area contributed by atoms with Gasteiger partial charge in [0.2, 0.25) is 0 Å². The van der Waals surface area contributed by atoms with Crippen LogP contribution < -0.4 is 11.5 Å². The molecule has 0 saturated heterocycles. The molecule has 4 nitrogen and oxygen atoms in total. The van der Waals surface area contributed by atoms with E-state index in [1.54, 1.807) is 6.92 Å². The molecule has 1 unspecified atom stereocenters. The summed E-state index contributed by atoms with van der Waals surface area (Å²) in [5, 5.41) is 0.917. The van der Waals surface area contributed by atoms with Crippen LogP contribution in [0.5, 0.6) is 0 Å². The third-order valence-corrected chi connectivity index (χ3v) is 4.61. The minimum absolute atomic E-state index is 0.00378. The lowest BCUT2D eigenvalue weighted by atomic mass is 9.88. The van der Waals surface area contributed by atoms with Crippen molar-refractivity contribution in [1.29, 1.82) is 0 Å². The van der Waals surface area contributed by atoms with Crippen molar-refractivity contribution in [2.45, 2.75) is 46.1 Å². The van der Waals surface area contributed by atoms with Gasteiger partial charge in [0.1, 0.15) is 5.82 Å². The molecule has 1 aromatic carbocycles. The minimum Gasteiger partial charge on any atom is -0.366 e. The van der Waals surface area contributed by atoms with Gasteiger partial charge in [-0.25, -0.2) is 4.39 Å². The summed E-state index contributed by atoms with van der Waals surface area (Å²) in [5.41, 5.74) is 13.9. The molecule has 2 aromatic rings. The average Bonchev–Trinajstić information content (AvgIpc) is 2.84. The Morgan fingerprint density at radius 2 is 2.08 bits per heavy atom. The smallest absolute Gasteiger partial charge is 0.250 e. The highest BCUT2D eigenvalue weighted by atomic mass is 35.5. The third-order valence-electron chi connectivity index (χ3n) is 4.14. The van der Waals surface area contributed by atoms with Gasteiger partial charge in [-0.2, -0.15) is 0 Å². The van der Waals surface area contributed by atoms with Gasteiger partial charge in [0.15, 0.2) is 0 Å². The Kier molecular flexibility index (Phi) is 5.67. The number of carbonyl (C=O) groups is 1. The number of carbonyl (C=O) groups excluding carboxylic acids is 1. The van der Waals surface area contributed by atoms with Crippen LogP contribution in [0.25, 0.3) is 16.5 Å². The fraction of sp³-hybridized carbons (Fsp3) is 0.389. The molecule has 0 aliphatic heterocycles. The predicted molar refractivity (Wildman–Crippen MR) is 97.7 cm³/mol. The molecule has 6 heteroatoms. The van der Waals surface area contributed by atoms with E-state index in [9.17, 15) is 9.18 Å². The van der Waals surface area contributed by atoms with E-state index in [1.807, 2.05) is 19.9 Å². The SMILES string of the molecule is CC.Cc1[nH]c2c(C(N)=O)cc(F)c(C3=CCCC(N)C3)c2c1Cl. The summed E-state index contributed by atoms with van der Waals surface area (Å²) in [4.78, 5) is 14.6. The number of hydrogen-bond donors (Lipinski definition) is 3. The standard InChI is InChI=1S/C16H17ClFN3O.C2H6/c1-7-14(17)13-12(8-3-2-4-9(19)5-8)11(18)6-10(16(20)22)15(13)21-7;1-2/h3,6,9,21H,2,4-5,19H2,1H3,(H2,20,22);1-2H3. The number of benzene rings is 1. The number of aromatic nitrogens is 1. The number of allylic oxidation sites excluding steroid dienone is 1. The van der Waals surface area contributed by atoms with Crippen LogP contribution >= 0.6 is 11.6 Å². The highest BCUT2D eigenvalue weighted by Crippen LogP contribution is 2.39. The maximum atomic E-state index is 14.7. The van der Waals surface area contributed by atoms with E-state index in [1.165, 1.54) is 6.07 Å². The van der Waals surface area contributed by atoms with Crippen LogP contribution in [0.4, 0.5) is 4.39 Å². The molecule has 130 valence electrons. The van der Waals surface area contributed by atoms with Crippen molar-refractivity contribution in [2.75, 3.05) is 0 Å². The van der Waals surface area contributed by atoms with Crippen LogP contribution in [0.3, 0.4) is 0 Å². The molecular weight excluding hydrogens is 329 g/mol. The van der Waals surface area contributed by atoms with Crippen LogP contribution in [0, 0.1) is 12.7 Å². The quantitative estimate of drug-likeness (QED) is 0.754. The number of nitrogens with two attached hydrogens (primary N) is 2. The molecule has 1 aromatic heterocycles. The fourth-order valence-corrected chi connectivity index (χ4v) is 3.32. The molecule has 1 atom stereocenters. The van der Waals surface area contributed by atoms with Crippen molar-refractivity contribution in [2.24, 2.45) is 11.5 Å². The summed E-state index contributed by atoms with van der Waals surface area (Å²) in [6.45, 7) is 5.77. The summed E-state index contributed by atoms with van der Waals surface area (Å²) >= 11 is 6.34. The molecule has 1 aliphatic carbocycles. The van der Waals surface area contributed by atoms with Crippen molar-refractivity contribution in [3.8, 4) is 0 Å². The molecule has 3 rings (SSSR count). The molecule has 0 saturated carbocycles. The Morgan fingerprint density at radius 3 is 2.67 bits per heavy atom. The first-order chi connectivity index (χ1) is 11.4. The van der Waals surface area contributed by atoms with Crippen molar-refractivity contribution in [3.05, 3.63) is 39.8 Å². The van der Waals surface area contributed by atoms with Crippen LogP contribution in [0.15, 0.2) is 12.1 Å². The second kappa shape index (κ2) is 7.36. The van der Waals surface area contributed by atoms with E-state index < -0.39 is 11.7 Å². The lowest BCUT2D eigenvalue weighted by molar-refractivity contribution is 0.100. The second-order valence-electron chi connectivity index (χ2n) is 5.73. The van der Waals surface area contributed by atoms with E-state index in [-0.39, 0.29) is 11.6 Å². The molecule has 0 spiro atoms. The van der Waals surface area contributed by atoms with Gasteiger partial charge in [-0.1, -0.05) is 31.5 Å². The van der Waals surface area contributed by atoms with Crippen molar-refractivity contribution in [3.63, 3.8) is 0 Å². The molecule has 0 bridgehead atoms. The molecule has 5 N–H and O–H groups in total. The van der Waals surface area contributed by atoms with E-state index >= 15 is 0 Å². The number of halogens is 2. The van der Waals surface area contributed by atoms with Crippen LogP contribution in [0.2, 0.25) is 5.02 Å². The summed E-state index contributed by atoms with van der Waals surface area (Å²) in [6, 6.07) is 1.18. The van der Waals surface area contributed by atoms with Crippen LogP contribution in [0.1, 0.15) is 54.7 Å². The number of rotatable bonds is 2. The molecule has 1 heterocycles. The highest BCUT2D eigenvalue weighted by Gasteiger charge is 2.24. The van der Waals surface area contributed by atoms with Gasteiger partial charge in [-0.05, 0) is 37.8 Å². The largest absolute Gasteiger partial charge is 0.366 e. The Bertz CT molecular complexity index is 810. The van der Waals surface area contributed by atoms with Gasteiger partial charge in [0.25, 0.3) is 5.91 Å². The Labute approximate surface area is 146 Å². The van der Waals surface area contributed by atoms with E-state index in [0.717, 1.165) is 18.4 Å². The number of hydrogen-bond acceptors (Lipinski definition) is 2. The molecule has 0 radical (unpaired) electrons. The summed E-state index contributed by atoms with van der Waals surface area (Å²) in [7, 11) is 0. The van der Waals surface area contributed by atoms with Gasteiger partial charge in [0, 0.05) is 22.7 Å². The topological polar surface area (TPSA) is 84.9 Å². The lowest BCUT2D eigenvalue weighted by Gasteiger charge is -2.21. The number of primary amides is 1. The lowest BCUT2D eigenvalue weighted by Crippen LogP contribution is -2.22. The minimum atomic E-state index is -0.692. The second-order valence-corrected chi connectivity index (χ2v) is 6.11. The first-order valence-corrected chi connectivity index (χ1v) is 8.53. The zero-order chi connectivity index (χ0) is 18.0. The van der Waals surface area contributed by atoms with Gasteiger partial charge in [0.05, 0.1) is 16.1 Å². The molecule has 1 aliphatic rings. The van der Waals surface area contributed by atoms with Crippen molar-refractivity contribution >= 4 is 34.0 Å². The highest BCUT2D eigenvalue weighted by molar-refractivity contribution is 6.37. The Hall–Kier alpha value is -1.85. The van der Waals surface area contributed by atoms with Gasteiger partial charge in [-0.3, -0.25) is 4.79 Å². The number of H-pyrrole nitrogens is 1. The summed E-state index contributed by atoms with van der Waals surface area (Å²) in [6.07, 6.45) is 4.26. The fourth-order valence-electron chi connectivity index (χ4n) is 3.08. The summed E-state index contributed by atoms with van der Waals surface area (Å²) < 4.78 is 14.7. The van der Waals surface area contributed by atoms with Gasteiger partial charge in [-0.15, -0.1) is 0 Å². The number of amides is 1. The maximum absolute atomic E-state index is 14.7. The summed E-state index contributed by atoms with van der Waals surface area (Å²) in [5.74, 6) is -1.19. The van der Waals surface area contributed by atoms with E-state index in [4.69, 9.17) is 23.1 Å². The number of nitrogens with one attached hydrogen (secondary N) is 1.